The molecule has 0 heterocycles. The van der Waals surface area contributed by atoms with Gasteiger partial charge in [0.2, 0.25) is 0 Å². The largest absolute Gasteiger partial charge is 0.493 e. The summed E-state index contributed by atoms with van der Waals surface area (Å²) in [7, 11) is 0. The van der Waals surface area contributed by atoms with Crippen LogP contribution in [0.2, 0.25) is 0 Å². The van der Waals surface area contributed by atoms with E-state index in [-0.39, 0.29) is 5.54 Å². The van der Waals surface area contributed by atoms with Crippen molar-refractivity contribution in [1.29, 1.82) is 0 Å². The minimum absolute atomic E-state index is 0.255. The number of benzene rings is 1. The summed E-state index contributed by atoms with van der Waals surface area (Å²) in [5, 5.41) is 0. The Morgan fingerprint density at radius 1 is 1.06 bits per heavy atom. The zero-order chi connectivity index (χ0) is 13.6. The summed E-state index contributed by atoms with van der Waals surface area (Å²) in [6.07, 6.45) is 0.878. The summed E-state index contributed by atoms with van der Waals surface area (Å²) in [6, 6.07) is 6.24. The number of aryl methyl sites for hydroxylation is 2. The average Bonchev–Trinajstić information content (AvgIpc) is 2.20. The molecule has 0 saturated heterocycles. The summed E-state index contributed by atoms with van der Waals surface area (Å²) < 4.78 is 11.2. The van der Waals surface area contributed by atoms with Crippen molar-refractivity contribution < 1.29 is 9.47 Å². The fraction of sp³-hybridized carbons (Fsp3) is 0.600. The molecular formula is C15H25NO2. The minimum Gasteiger partial charge on any atom is -0.493 e. The monoisotopic (exact) mass is 251 g/mol. The van der Waals surface area contributed by atoms with Gasteiger partial charge in [-0.3, -0.25) is 0 Å². The fourth-order valence-corrected chi connectivity index (χ4v) is 1.70. The summed E-state index contributed by atoms with van der Waals surface area (Å²) >= 11 is 0. The van der Waals surface area contributed by atoms with E-state index in [1.807, 2.05) is 13.8 Å². The number of ether oxygens (including phenoxy) is 2. The molecule has 0 unspecified atom stereocenters. The first-order chi connectivity index (χ1) is 8.37. The normalized spacial score (nSPS) is 11.6. The van der Waals surface area contributed by atoms with Crippen LogP contribution in [0.1, 0.15) is 31.4 Å². The molecule has 1 rings (SSSR count). The van der Waals surface area contributed by atoms with Crippen LogP contribution in [0.25, 0.3) is 0 Å². The van der Waals surface area contributed by atoms with E-state index in [2.05, 4.69) is 32.0 Å². The molecule has 0 amide bonds. The lowest BCUT2D eigenvalue weighted by atomic mass is 10.1. The van der Waals surface area contributed by atoms with Gasteiger partial charge >= 0.3 is 0 Å². The molecule has 2 N–H and O–H groups in total. The van der Waals surface area contributed by atoms with E-state index < -0.39 is 0 Å². The molecule has 1 aromatic rings. The fourth-order valence-electron chi connectivity index (χ4n) is 1.70. The van der Waals surface area contributed by atoms with Crippen LogP contribution < -0.4 is 10.5 Å². The van der Waals surface area contributed by atoms with Gasteiger partial charge in [-0.15, -0.1) is 0 Å². The molecule has 0 aliphatic heterocycles. The van der Waals surface area contributed by atoms with Gasteiger partial charge in [-0.2, -0.15) is 0 Å². The van der Waals surface area contributed by atoms with Crippen molar-refractivity contribution in [2.24, 2.45) is 5.73 Å². The van der Waals surface area contributed by atoms with E-state index in [0.29, 0.717) is 19.8 Å². The van der Waals surface area contributed by atoms with Crippen molar-refractivity contribution in [2.75, 3.05) is 19.8 Å². The van der Waals surface area contributed by atoms with Gasteiger partial charge in [0.05, 0.1) is 13.2 Å². The topological polar surface area (TPSA) is 44.5 Å². The van der Waals surface area contributed by atoms with E-state index in [9.17, 15) is 0 Å². The van der Waals surface area contributed by atoms with Crippen molar-refractivity contribution in [3.63, 3.8) is 0 Å². The molecule has 0 radical (unpaired) electrons. The van der Waals surface area contributed by atoms with Crippen molar-refractivity contribution in [3.8, 4) is 5.75 Å². The molecule has 0 aliphatic rings. The molecular weight excluding hydrogens is 226 g/mol. The zero-order valence-electron chi connectivity index (χ0n) is 12.0. The SMILES string of the molecule is Cc1cc(C)cc(OCCCOCC(C)(C)N)c1. The van der Waals surface area contributed by atoms with Gasteiger partial charge in [0.25, 0.3) is 0 Å². The molecule has 0 bridgehead atoms. The predicted molar refractivity (Wildman–Crippen MR) is 75.1 cm³/mol. The highest BCUT2D eigenvalue weighted by Gasteiger charge is 2.09. The third-order valence-corrected chi connectivity index (χ3v) is 2.37. The van der Waals surface area contributed by atoms with Crippen LogP contribution in [-0.2, 0) is 4.74 Å². The Labute approximate surface area is 110 Å². The van der Waals surface area contributed by atoms with Gasteiger partial charge in [-0.1, -0.05) is 6.07 Å². The standard InChI is InChI=1S/C15H25NO2/c1-12-8-13(2)10-14(9-12)18-7-5-6-17-11-15(3,4)16/h8-10H,5-7,11,16H2,1-4H3. The maximum atomic E-state index is 5.82. The Balaban J connectivity index is 2.18. The first-order valence-corrected chi connectivity index (χ1v) is 6.44. The molecule has 0 fully saturated rings. The van der Waals surface area contributed by atoms with Crippen LogP contribution in [0.3, 0.4) is 0 Å². The Kier molecular flexibility index (Phi) is 5.63. The minimum atomic E-state index is -0.255. The highest BCUT2D eigenvalue weighted by Crippen LogP contribution is 2.16. The Morgan fingerprint density at radius 2 is 1.67 bits per heavy atom. The molecule has 0 spiro atoms. The Bertz CT molecular complexity index is 349. The number of hydrogen-bond acceptors (Lipinski definition) is 3. The lowest BCUT2D eigenvalue weighted by molar-refractivity contribution is 0.0870. The first kappa shape index (κ1) is 15.0. The van der Waals surface area contributed by atoms with Gasteiger partial charge in [-0.05, 0) is 51.0 Å². The molecule has 3 heteroatoms. The van der Waals surface area contributed by atoms with Crippen LogP contribution in [-0.4, -0.2) is 25.4 Å². The van der Waals surface area contributed by atoms with E-state index in [1.54, 1.807) is 0 Å². The molecule has 0 saturated carbocycles. The average molecular weight is 251 g/mol. The molecule has 1 aromatic carbocycles. The van der Waals surface area contributed by atoms with Gasteiger partial charge in [0.15, 0.2) is 0 Å². The highest BCUT2D eigenvalue weighted by atomic mass is 16.5. The smallest absolute Gasteiger partial charge is 0.119 e. The zero-order valence-corrected chi connectivity index (χ0v) is 12.0. The Hall–Kier alpha value is -1.06. The lowest BCUT2D eigenvalue weighted by Gasteiger charge is -2.18. The summed E-state index contributed by atoms with van der Waals surface area (Å²) in [6.45, 7) is 10.0. The van der Waals surface area contributed by atoms with Crippen LogP contribution in [0.15, 0.2) is 18.2 Å². The van der Waals surface area contributed by atoms with Crippen LogP contribution in [0.5, 0.6) is 5.75 Å². The molecule has 18 heavy (non-hydrogen) atoms. The van der Waals surface area contributed by atoms with Crippen molar-refractivity contribution >= 4 is 0 Å². The maximum absolute atomic E-state index is 5.82. The molecule has 0 aliphatic carbocycles. The Morgan fingerprint density at radius 3 is 2.22 bits per heavy atom. The van der Waals surface area contributed by atoms with E-state index in [0.717, 1.165) is 12.2 Å². The van der Waals surface area contributed by atoms with Gasteiger partial charge in [0, 0.05) is 18.6 Å². The maximum Gasteiger partial charge on any atom is 0.119 e. The predicted octanol–water partition coefficient (Wildman–Crippen LogP) is 2.83. The van der Waals surface area contributed by atoms with E-state index in [1.165, 1.54) is 11.1 Å². The molecule has 102 valence electrons. The van der Waals surface area contributed by atoms with Crippen molar-refractivity contribution in [3.05, 3.63) is 29.3 Å². The van der Waals surface area contributed by atoms with Gasteiger partial charge < -0.3 is 15.2 Å². The van der Waals surface area contributed by atoms with Gasteiger partial charge in [-0.25, -0.2) is 0 Å². The third-order valence-electron chi connectivity index (χ3n) is 2.37. The number of rotatable bonds is 7. The van der Waals surface area contributed by atoms with Gasteiger partial charge in [0.1, 0.15) is 5.75 Å². The van der Waals surface area contributed by atoms with Crippen molar-refractivity contribution in [2.45, 2.75) is 39.7 Å². The second-order valence-corrected chi connectivity index (χ2v) is 5.57. The summed E-state index contributed by atoms with van der Waals surface area (Å²) in [5.74, 6) is 0.937. The van der Waals surface area contributed by atoms with E-state index >= 15 is 0 Å². The molecule has 0 aromatic heterocycles. The summed E-state index contributed by atoms with van der Waals surface area (Å²) in [4.78, 5) is 0. The highest BCUT2D eigenvalue weighted by molar-refractivity contribution is 5.32. The quantitative estimate of drug-likeness (QED) is 0.758. The van der Waals surface area contributed by atoms with Crippen molar-refractivity contribution in [1.82, 2.24) is 0 Å². The lowest BCUT2D eigenvalue weighted by Crippen LogP contribution is -2.37. The summed E-state index contributed by atoms with van der Waals surface area (Å²) in [5.41, 5.74) is 8.02. The molecule has 3 nitrogen and oxygen atoms in total. The third kappa shape index (κ3) is 6.62. The number of hydrogen-bond donors (Lipinski definition) is 1. The van der Waals surface area contributed by atoms with Crippen LogP contribution in [0.4, 0.5) is 0 Å². The first-order valence-electron chi connectivity index (χ1n) is 6.44. The van der Waals surface area contributed by atoms with Crippen LogP contribution >= 0.6 is 0 Å². The van der Waals surface area contributed by atoms with Crippen LogP contribution in [0, 0.1) is 13.8 Å². The molecule has 0 atom stereocenters. The second-order valence-electron chi connectivity index (χ2n) is 5.57. The van der Waals surface area contributed by atoms with E-state index in [4.69, 9.17) is 15.2 Å². The second kappa shape index (κ2) is 6.76. The number of nitrogens with two attached hydrogens (primary N) is 1.